The standard InChI is InChI=1S/C57H56N2O6/c1-3-5-37-61-50-28-19-44(20-29-50)40-58-48-24-15-42(16-25-48)10-9-39-63-65-53-14-8-12-47-34-36-57(56(47)53)35-33-46-11-7-13-52(55(46)57)64-54(60)32-23-43-17-26-49(27-18-43)59-41-45-21-30-51(31-22-45)62-38-6-4-2/h7-32,40-41H,3-6,33-39H2,1-2H3/b10-9+,32-23-,58-40?,59-41?. The summed E-state index contributed by atoms with van der Waals surface area (Å²) in [6.07, 6.45) is 18.8. The van der Waals surface area contributed by atoms with Crippen LogP contribution >= 0.6 is 0 Å². The number of hydrogen-bond donors (Lipinski definition) is 0. The Balaban J connectivity index is 0.855. The maximum atomic E-state index is 13.4. The summed E-state index contributed by atoms with van der Waals surface area (Å²) in [6, 6.07) is 43.9. The van der Waals surface area contributed by atoms with Crippen molar-refractivity contribution >= 4 is 41.9 Å². The fourth-order valence-electron chi connectivity index (χ4n) is 8.49. The van der Waals surface area contributed by atoms with Crippen LogP contribution in [0.3, 0.4) is 0 Å². The van der Waals surface area contributed by atoms with Crippen molar-refractivity contribution in [1.82, 2.24) is 0 Å². The van der Waals surface area contributed by atoms with Crippen molar-refractivity contribution in [3.05, 3.63) is 190 Å². The largest absolute Gasteiger partial charge is 0.494 e. The minimum absolute atomic E-state index is 0.264. The van der Waals surface area contributed by atoms with E-state index in [-0.39, 0.29) is 12.0 Å². The Bertz CT molecular complexity index is 2630. The Hall–Kier alpha value is -7.03. The van der Waals surface area contributed by atoms with Crippen molar-refractivity contribution in [1.29, 1.82) is 0 Å². The molecule has 0 aromatic heterocycles. The Kier molecular flexibility index (Phi) is 15.1. The second-order valence-electron chi connectivity index (χ2n) is 16.4. The summed E-state index contributed by atoms with van der Waals surface area (Å²) in [5, 5.41) is 0. The first-order valence-electron chi connectivity index (χ1n) is 22.8. The summed E-state index contributed by atoms with van der Waals surface area (Å²) >= 11 is 0. The summed E-state index contributed by atoms with van der Waals surface area (Å²) in [6.45, 7) is 6.03. The van der Waals surface area contributed by atoms with Crippen LogP contribution < -0.4 is 19.1 Å². The van der Waals surface area contributed by atoms with E-state index in [9.17, 15) is 4.79 Å². The molecule has 0 amide bonds. The summed E-state index contributed by atoms with van der Waals surface area (Å²) < 4.78 is 17.6. The number of carbonyl (C=O) groups is 1. The predicted octanol–water partition coefficient (Wildman–Crippen LogP) is 13.4. The molecule has 0 heterocycles. The molecule has 8 nitrogen and oxygen atoms in total. The average molecular weight is 865 g/mol. The van der Waals surface area contributed by atoms with E-state index in [0.29, 0.717) is 11.5 Å². The second kappa shape index (κ2) is 22.0. The number of unbranched alkanes of at least 4 members (excludes halogenated alkanes) is 2. The number of hydrogen-bond acceptors (Lipinski definition) is 8. The van der Waals surface area contributed by atoms with E-state index in [1.807, 2.05) is 146 Å². The Labute approximate surface area is 382 Å². The Morgan fingerprint density at radius 3 is 1.62 bits per heavy atom. The van der Waals surface area contributed by atoms with Crippen molar-refractivity contribution in [2.24, 2.45) is 9.98 Å². The molecule has 2 aliphatic carbocycles. The summed E-state index contributed by atoms with van der Waals surface area (Å²) in [5.41, 5.74) is 9.84. The van der Waals surface area contributed by atoms with Crippen LogP contribution in [-0.2, 0) is 27.9 Å². The van der Waals surface area contributed by atoms with Gasteiger partial charge in [-0.2, -0.15) is 4.89 Å². The molecule has 0 bridgehead atoms. The molecule has 0 aliphatic heterocycles. The number of benzene rings is 6. The molecule has 6 aromatic rings. The highest BCUT2D eigenvalue weighted by Gasteiger charge is 2.49. The van der Waals surface area contributed by atoms with E-state index in [1.54, 1.807) is 6.08 Å². The minimum atomic E-state index is -0.431. The molecule has 1 atom stereocenters. The van der Waals surface area contributed by atoms with Crippen LogP contribution in [0.2, 0.25) is 0 Å². The summed E-state index contributed by atoms with van der Waals surface area (Å²) in [5.74, 6) is 2.60. The van der Waals surface area contributed by atoms with E-state index in [1.165, 1.54) is 17.2 Å². The quantitative estimate of drug-likeness (QED) is 0.0144. The predicted molar refractivity (Wildman–Crippen MR) is 262 cm³/mol. The lowest BCUT2D eigenvalue weighted by molar-refractivity contribution is -0.196. The first-order valence-corrected chi connectivity index (χ1v) is 22.8. The third-order valence-corrected chi connectivity index (χ3v) is 11.9. The molecule has 0 saturated carbocycles. The van der Waals surface area contributed by atoms with E-state index < -0.39 is 5.97 Å². The number of aliphatic imine (C=N–C) groups is 2. The minimum Gasteiger partial charge on any atom is -0.494 e. The molecule has 0 fully saturated rings. The number of fused-ring (bicyclic) bond motifs is 4. The van der Waals surface area contributed by atoms with Gasteiger partial charge in [0.15, 0.2) is 5.75 Å². The first kappa shape index (κ1) is 44.6. The first-order chi connectivity index (χ1) is 32.0. The lowest BCUT2D eigenvalue weighted by Crippen LogP contribution is -2.24. The monoisotopic (exact) mass is 864 g/mol. The van der Waals surface area contributed by atoms with Crippen molar-refractivity contribution in [3.63, 3.8) is 0 Å². The highest BCUT2D eigenvalue weighted by atomic mass is 17.2. The molecule has 330 valence electrons. The lowest BCUT2D eigenvalue weighted by Gasteiger charge is -2.29. The molecule has 8 heteroatoms. The van der Waals surface area contributed by atoms with Crippen LogP contribution in [0, 0.1) is 0 Å². The smallest absolute Gasteiger partial charge is 0.336 e. The van der Waals surface area contributed by atoms with Gasteiger partial charge in [-0.3, -0.25) is 9.98 Å². The number of rotatable bonds is 20. The third-order valence-electron chi connectivity index (χ3n) is 11.9. The van der Waals surface area contributed by atoms with Crippen molar-refractivity contribution in [3.8, 4) is 23.0 Å². The number of esters is 1. The van der Waals surface area contributed by atoms with Gasteiger partial charge in [0.2, 0.25) is 0 Å². The second-order valence-corrected chi connectivity index (χ2v) is 16.4. The van der Waals surface area contributed by atoms with E-state index >= 15 is 0 Å². The highest BCUT2D eigenvalue weighted by molar-refractivity contribution is 5.89. The maximum Gasteiger partial charge on any atom is 0.336 e. The van der Waals surface area contributed by atoms with Crippen molar-refractivity contribution < 1.29 is 28.8 Å². The fourth-order valence-corrected chi connectivity index (χ4v) is 8.49. The van der Waals surface area contributed by atoms with Crippen molar-refractivity contribution in [2.45, 2.75) is 70.6 Å². The van der Waals surface area contributed by atoms with Crippen LogP contribution in [0.15, 0.2) is 156 Å². The van der Waals surface area contributed by atoms with Gasteiger partial charge in [0.05, 0.1) is 24.6 Å². The van der Waals surface area contributed by atoms with E-state index in [2.05, 4.69) is 36.0 Å². The molecule has 0 saturated heterocycles. The molecule has 65 heavy (non-hydrogen) atoms. The molecular formula is C57H56N2O6. The molecule has 1 spiro atoms. The third kappa shape index (κ3) is 11.6. The Morgan fingerprint density at radius 1 is 0.585 bits per heavy atom. The molecule has 0 radical (unpaired) electrons. The molecule has 2 aliphatic rings. The molecule has 8 rings (SSSR count). The highest BCUT2D eigenvalue weighted by Crippen LogP contribution is 2.57. The van der Waals surface area contributed by atoms with Gasteiger partial charge in [-0.1, -0.05) is 87.4 Å². The summed E-state index contributed by atoms with van der Waals surface area (Å²) in [4.78, 5) is 34.5. The van der Waals surface area contributed by atoms with Crippen LogP contribution in [0.1, 0.15) is 96.9 Å². The molecule has 6 aromatic carbocycles. The van der Waals surface area contributed by atoms with Crippen molar-refractivity contribution in [2.75, 3.05) is 19.8 Å². The van der Waals surface area contributed by atoms with Gasteiger partial charge in [0.1, 0.15) is 23.9 Å². The van der Waals surface area contributed by atoms with E-state index in [4.69, 9.17) is 24.0 Å². The van der Waals surface area contributed by atoms with Gasteiger partial charge >= 0.3 is 5.97 Å². The number of carbonyl (C=O) groups excluding carboxylic acids is 1. The molecule has 0 N–H and O–H groups in total. The van der Waals surface area contributed by atoms with Gasteiger partial charge in [0.25, 0.3) is 0 Å². The Morgan fingerprint density at radius 2 is 1.08 bits per heavy atom. The van der Waals surface area contributed by atoms with Gasteiger partial charge in [-0.05, 0) is 163 Å². The fraction of sp³-hybridized carbons (Fsp3) is 0.246. The normalized spacial score (nSPS) is 15.4. The van der Waals surface area contributed by atoms with Gasteiger partial charge in [-0.15, -0.1) is 0 Å². The summed E-state index contributed by atoms with van der Waals surface area (Å²) in [7, 11) is 0. The van der Waals surface area contributed by atoms with Crippen LogP contribution in [-0.4, -0.2) is 38.2 Å². The maximum absolute atomic E-state index is 13.4. The van der Waals surface area contributed by atoms with Crippen LogP contribution in [0.25, 0.3) is 12.2 Å². The van der Waals surface area contributed by atoms with Gasteiger partial charge in [0, 0.05) is 35.0 Å². The molecular weight excluding hydrogens is 809 g/mol. The zero-order valence-electron chi connectivity index (χ0n) is 37.3. The van der Waals surface area contributed by atoms with Gasteiger partial charge in [-0.25, -0.2) is 4.79 Å². The van der Waals surface area contributed by atoms with Gasteiger partial charge < -0.3 is 19.1 Å². The zero-order valence-corrected chi connectivity index (χ0v) is 37.3. The van der Waals surface area contributed by atoms with E-state index in [0.717, 1.165) is 121 Å². The number of aryl methyl sites for hydroxylation is 2. The topological polar surface area (TPSA) is 87.9 Å². The number of ether oxygens (including phenoxy) is 3. The molecule has 1 unspecified atom stereocenters. The average Bonchev–Trinajstić information content (AvgIpc) is 3.92. The van der Waals surface area contributed by atoms with Crippen LogP contribution in [0.4, 0.5) is 11.4 Å². The lowest BCUT2D eigenvalue weighted by atomic mass is 9.76. The zero-order chi connectivity index (χ0) is 44.7. The SMILES string of the molecule is CCCCOc1ccc(C=Nc2ccc(/C=C\C(=O)Oc3cccc4c3C3(CCc5cccc(OOC/C=C/c6ccc(N=Cc7ccc(OCCCC)cc7)cc6)c53)CC4)cc2)cc1. The number of nitrogens with zero attached hydrogens (tertiary/aromatic N) is 2. The van der Waals surface area contributed by atoms with Crippen LogP contribution in [0.5, 0.6) is 23.0 Å².